The Bertz CT molecular complexity index is 1210. The maximum Gasteiger partial charge on any atom is 0.308 e. The number of aryl methyl sites for hydroxylation is 1. The average molecular weight is 494 g/mol. The zero-order chi connectivity index (χ0) is 25.7. The Morgan fingerprint density at radius 3 is 2.46 bits per heavy atom. The standard InChI is InChI=1S/C27H35N5O2S/c1-14-15(2)35-26-23(14)24(18-9-7-17(8-10-18)20-11-19(20)13-28)31-21(25(30)32(26)16(3)29)12-22(33)34-27(4,5)6/h7-10,19-21,29-30H,11-13,28H2,1-6H3/t19?,20?,21-/m0/s1. The molecule has 1 aliphatic carbocycles. The van der Waals surface area contributed by atoms with Crippen LogP contribution in [0.25, 0.3) is 0 Å². The summed E-state index contributed by atoms with van der Waals surface area (Å²) < 4.78 is 5.55. The predicted molar refractivity (Wildman–Crippen MR) is 144 cm³/mol. The molecule has 2 aromatic rings. The van der Waals surface area contributed by atoms with Crippen LogP contribution in [0.2, 0.25) is 0 Å². The monoisotopic (exact) mass is 493 g/mol. The number of carbonyl (C=O) groups excluding carboxylic acids is 1. The van der Waals surface area contributed by atoms with Crippen LogP contribution in [-0.4, -0.2) is 41.5 Å². The first-order valence-electron chi connectivity index (χ1n) is 12.1. The van der Waals surface area contributed by atoms with Crippen molar-refractivity contribution >= 4 is 39.7 Å². The highest BCUT2D eigenvalue weighted by molar-refractivity contribution is 7.17. The highest BCUT2D eigenvalue weighted by Crippen LogP contribution is 2.47. The second kappa shape index (κ2) is 9.32. The molecule has 0 amide bonds. The molecule has 0 radical (unpaired) electrons. The summed E-state index contributed by atoms with van der Waals surface area (Å²) in [6.45, 7) is 12.0. The highest BCUT2D eigenvalue weighted by atomic mass is 32.1. The third kappa shape index (κ3) is 5.09. The van der Waals surface area contributed by atoms with E-state index >= 15 is 0 Å². The van der Waals surface area contributed by atoms with Gasteiger partial charge in [-0.05, 0) is 77.5 Å². The molecule has 4 rings (SSSR count). The highest BCUT2D eigenvalue weighted by Gasteiger charge is 2.38. The van der Waals surface area contributed by atoms with Crippen LogP contribution in [0.5, 0.6) is 0 Å². The molecule has 0 spiro atoms. The summed E-state index contributed by atoms with van der Waals surface area (Å²) in [5.41, 5.74) is 10.2. The molecule has 7 nitrogen and oxygen atoms in total. The molecule has 2 heterocycles. The number of nitrogens with one attached hydrogen (secondary N) is 2. The Labute approximate surface area is 211 Å². The topological polar surface area (TPSA) is 116 Å². The van der Waals surface area contributed by atoms with E-state index in [4.69, 9.17) is 26.3 Å². The average Bonchev–Trinajstić information content (AvgIpc) is 3.51. The van der Waals surface area contributed by atoms with Gasteiger partial charge in [0.2, 0.25) is 0 Å². The number of esters is 1. The number of amidine groups is 2. The number of nitrogens with zero attached hydrogens (tertiary/aromatic N) is 2. The zero-order valence-electron chi connectivity index (χ0n) is 21.4. The molecule has 186 valence electrons. The van der Waals surface area contributed by atoms with Gasteiger partial charge in [-0.25, -0.2) is 0 Å². The fourth-order valence-electron chi connectivity index (χ4n) is 4.63. The number of anilines is 1. The third-order valence-electron chi connectivity index (χ3n) is 6.60. The minimum Gasteiger partial charge on any atom is -0.460 e. The van der Waals surface area contributed by atoms with E-state index in [-0.39, 0.29) is 18.1 Å². The van der Waals surface area contributed by atoms with Crippen molar-refractivity contribution in [1.82, 2.24) is 0 Å². The molecule has 1 aromatic carbocycles. The van der Waals surface area contributed by atoms with Gasteiger partial charge in [0.15, 0.2) is 0 Å². The van der Waals surface area contributed by atoms with Gasteiger partial charge in [0, 0.05) is 16.0 Å². The van der Waals surface area contributed by atoms with Crippen molar-refractivity contribution in [1.29, 1.82) is 10.8 Å². The van der Waals surface area contributed by atoms with E-state index in [9.17, 15) is 4.79 Å². The van der Waals surface area contributed by atoms with Crippen LogP contribution in [0, 0.1) is 30.6 Å². The number of aliphatic imine (C=N–C) groups is 1. The van der Waals surface area contributed by atoms with E-state index in [2.05, 4.69) is 38.1 Å². The van der Waals surface area contributed by atoms with Crippen LogP contribution in [0.3, 0.4) is 0 Å². The molecule has 1 fully saturated rings. The summed E-state index contributed by atoms with van der Waals surface area (Å²) in [5, 5.41) is 18.2. The Hall–Kier alpha value is -2.84. The summed E-state index contributed by atoms with van der Waals surface area (Å²) in [7, 11) is 0. The first-order valence-corrected chi connectivity index (χ1v) is 12.9. The maximum absolute atomic E-state index is 12.8. The van der Waals surface area contributed by atoms with Crippen LogP contribution in [0.4, 0.5) is 5.00 Å². The van der Waals surface area contributed by atoms with Gasteiger partial charge in [0.05, 0.1) is 12.1 Å². The molecule has 1 saturated carbocycles. The lowest BCUT2D eigenvalue weighted by atomic mass is 9.97. The largest absolute Gasteiger partial charge is 0.460 e. The summed E-state index contributed by atoms with van der Waals surface area (Å²) >= 11 is 1.55. The first-order chi connectivity index (χ1) is 16.4. The Morgan fingerprint density at radius 2 is 1.91 bits per heavy atom. The van der Waals surface area contributed by atoms with Crippen molar-refractivity contribution in [2.45, 2.75) is 71.9 Å². The number of fused-ring (bicyclic) bond motifs is 1. The summed E-state index contributed by atoms with van der Waals surface area (Å²) in [6.07, 6.45) is 1.07. The molecule has 2 unspecified atom stereocenters. The number of rotatable bonds is 5. The van der Waals surface area contributed by atoms with Crippen molar-refractivity contribution in [3.05, 3.63) is 51.4 Å². The van der Waals surface area contributed by atoms with Gasteiger partial charge in [0.25, 0.3) is 0 Å². The van der Waals surface area contributed by atoms with Crippen LogP contribution in [0.15, 0.2) is 29.3 Å². The lowest BCUT2D eigenvalue weighted by molar-refractivity contribution is -0.154. The third-order valence-corrected chi connectivity index (χ3v) is 7.79. The van der Waals surface area contributed by atoms with Crippen LogP contribution in [-0.2, 0) is 9.53 Å². The molecule has 0 saturated heterocycles. The molecule has 35 heavy (non-hydrogen) atoms. The smallest absolute Gasteiger partial charge is 0.308 e. The number of thiophene rings is 1. The van der Waals surface area contributed by atoms with E-state index in [1.807, 2.05) is 20.8 Å². The molecule has 4 N–H and O–H groups in total. The lowest BCUT2D eigenvalue weighted by Crippen LogP contribution is -2.41. The first kappa shape index (κ1) is 25.3. The van der Waals surface area contributed by atoms with Crippen molar-refractivity contribution in [3.8, 4) is 0 Å². The van der Waals surface area contributed by atoms with Crippen LogP contribution >= 0.6 is 11.3 Å². The molecule has 3 atom stereocenters. The second-order valence-corrected chi connectivity index (χ2v) is 11.7. The molecule has 0 bridgehead atoms. The SMILES string of the molecule is CC(=N)N1C(=N)[C@H](CC(=O)OC(C)(C)C)N=C(c2ccc(C3CC3CN)cc2)c2c1sc(C)c2C. The second-order valence-electron chi connectivity index (χ2n) is 10.5. The lowest BCUT2D eigenvalue weighted by Gasteiger charge is -2.25. The summed E-state index contributed by atoms with van der Waals surface area (Å²) in [5.74, 6) is 1.01. The van der Waals surface area contributed by atoms with E-state index in [0.29, 0.717) is 18.4 Å². The van der Waals surface area contributed by atoms with Gasteiger partial charge in [-0.15, -0.1) is 11.3 Å². The van der Waals surface area contributed by atoms with E-state index in [1.54, 1.807) is 23.2 Å². The van der Waals surface area contributed by atoms with E-state index in [1.165, 1.54) is 5.56 Å². The number of hydrogen-bond donors (Lipinski definition) is 3. The van der Waals surface area contributed by atoms with Gasteiger partial charge in [-0.2, -0.15) is 0 Å². The predicted octanol–water partition coefficient (Wildman–Crippen LogP) is 5.16. The zero-order valence-corrected chi connectivity index (χ0v) is 22.2. The summed E-state index contributed by atoms with van der Waals surface area (Å²) in [6, 6.07) is 7.69. The number of benzene rings is 1. The van der Waals surface area contributed by atoms with Crippen molar-refractivity contribution < 1.29 is 9.53 Å². The summed E-state index contributed by atoms with van der Waals surface area (Å²) in [4.78, 5) is 20.5. The van der Waals surface area contributed by atoms with Gasteiger partial charge in [0.1, 0.15) is 28.3 Å². The van der Waals surface area contributed by atoms with Crippen molar-refractivity contribution in [3.63, 3.8) is 0 Å². The molecular weight excluding hydrogens is 458 g/mol. The Morgan fingerprint density at radius 1 is 1.26 bits per heavy atom. The number of ether oxygens (including phenoxy) is 1. The molecular formula is C27H35N5O2S. The number of carbonyl (C=O) groups is 1. The van der Waals surface area contributed by atoms with Crippen molar-refractivity contribution in [2.75, 3.05) is 11.4 Å². The number of hydrogen-bond acceptors (Lipinski definition) is 7. The molecule has 1 aromatic heterocycles. The molecule has 1 aliphatic heterocycles. The van der Waals surface area contributed by atoms with Crippen LogP contribution in [0.1, 0.15) is 73.6 Å². The quantitative estimate of drug-likeness (QED) is 0.303. The van der Waals surface area contributed by atoms with Crippen LogP contribution < -0.4 is 10.6 Å². The fourth-order valence-corrected chi connectivity index (χ4v) is 5.85. The molecule has 2 aliphatic rings. The van der Waals surface area contributed by atoms with Crippen molar-refractivity contribution in [2.24, 2.45) is 16.6 Å². The molecule has 8 heteroatoms. The number of nitrogens with two attached hydrogens (primary N) is 1. The van der Waals surface area contributed by atoms with E-state index < -0.39 is 17.6 Å². The van der Waals surface area contributed by atoms with E-state index in [0.717, 1.165) is 38.7 Å². The minimum atomic E-state index is -0.760. The van der Waals surface area contributed by atoms with Gasteiger partial charge in [-0.3, -0.25) is 25.5 Å². The minimum absolute atomic E-state index is 0.0608. The normalized spacial score (nSPS) is 21.8. The van der Waals surface area contributed by atoms with Gasteiger partial charge >= 0.3 is 5.97 Å². The van der Waals surface area contributed by atoms with Gasteiger partial charge < -0.3 is 10.5 Å². The van der Waals surface area contributed by atoms with Gasteiger partial charge in [-0.1, -0.05) is 24.3 Å². The Balaban J connectivity index is 1.80. The Kier molecular flexibility index (Phi) is 6.72. The maximum atomic E-state index is 12.8. The fraction of sp³-hybridized carbons (Fsp3) is 0.481.